The minimum absolute atomic E-state index is 0.0541. The van der Waals surface area contributed by atoms with Crippen molar-refractivity contribution in [2.45, 2.75) is 11.3 Å². The van der Waals surface area contributed by atoms with Gasteiger partial charge in [0, 0.05) is 33.0 Å². The zero-order chi connectivity index (χ0) is 17.6. The zero-order valence-corrected chi connectivity index (χ0v) is 16.2. The highest BCUT2D eigenvalue weighted by Gasteiger charge is 2.11. The van der Waals surface area contributed by atoms with Gasteiger partial charge < -0.3 is 5.32 Å². The fourth-order valence-corrected chi connectivity index (χ4v) is 4.09. The molecule has 0 aliphatic rings. The number of nitrogens with zero attached hydrogens (tertiary/aromatic N) is 1. The maximum atomic E-state index is 12.1. The highest BCUT2D eigenvalue weighted by molar-refractivity contribution is 7.99. The summed E-state index contributed by atoms with van der Waals surface area (Å²) in [4.78, 5) is 17.6. The molecule has 1 amide bonds. The third-order valence-electron chi connectivity index (χ3n) is 3.30. The lowest BCUT2D eigenvalue weighted by Gasteiger charge is -2.03. The number of aromatic nitrogens is 1. The number of benzene rings is 2. The molecule has 3 aromatic rings. The minimum atomic E-state index is -0.0541. The summed E-state index contributed by atoms with van der Waals surface area (Å²) in [6, 6.07) is 15.2. The van der Waals surface area contributed by atoms with E-state index in [-0.39, 0.29) is 5.91 Å². The summed E-state index contributed by atoms with van der Waals surface area (Å²) >= 11 is 15.2. The number of halogens is 2. The van der Waals surface area contributed by atoms with Crippen LogP contribution in [0.3, 0.4) is 0 Å². The highest BCUT2D eigenvalue weighted by Crippen LogP contribution is 2.32. The molecular formula is C18H14Cl2N2OS2. The average molecular weight is 409 g/mol. The molecule has 0 spiro atoms. The van der Waals surface area contributed by atoms with Crippen molar-refractivity contribution in [2.75, 3.05) is 11.1 Å². The van der Waals surface area contributed by atoms with Crippen LogP contribution in [0.25, 0.3) is 11.3 Å². The van der Waals surface area contributed by atoms with E-state index in [0.717, 1.165) is 10.5 Å². The predicted octanol–water partition coefficient (Wildman–Crippen LogP) is 6.24. The first-order chi connectivity index (χ1) is 12.1. The van der Waals surface area contributed by atoms with Crippen molar-refractivity contribution in [3.05, 3.63) is 64.0 Å². The molecule has 0 unspecified atom stereocenters. The van der Waals surface area contributed by atoms with Crippen LogP contribution in [0.15, 0.2) is 58.8 Å². The largest absolute Gasteiger partial charge is 0.302 e. The van der Waals surface area contributed by atoms with Gasteiger partial charge >= 0.3 is 0 Å². The van der Waals surface area contributed by atoms with Crippen molar-refractivity contribution in [1.29, 1.82) is 0 Å². The zero-order valence-electron chi connectivity index (χ0n) is 13.0. The van der Waals surface area contributed by atoms with E-state index in [1.54, 1.807) is 30.0 Å². The van der Waals surface area contributed by atoms with Gasteiger partial charge in [-0.1, -0.05) is 41.4 Å². The van der Waals surface area contributed by atoms with Crippen LogP contribution in [0.2, 0.25) is 10.0 Å². The van der Waals surface area contributed by atoms with Gasteiger partial charge in [-0.3, -0.25) is 4.79 Å². The molecule has 0 fully saturated rings. The number of rotatable bonds is 6. The second-order valence-corrected chi connectivity index (χ2v) is 7.99. The van der Waals surface area contributed by atoms with Crippen molar-refractivity contribution >= 4 is 57.3 Å². The average Bonchev–Trinajstić information content (AvgIpc) is 3.06. The molecule has 3 nitrogen and oxygen atoms in total. The van der Waals surface area contributed by atoms with E-state index in [1.807, 2.05) is 35.7 Å². The number of hydrogen-bond donors (Lipinski definition) is 1. The highest BCUT2D eigenvalue weighted by atomic mass is 35.5. The Hall–Kier alpha value is -1.53. The molecule has 3 rings (SSSR count). The summed E-state index contributed by atoms with van der Waals surface area (Å²) in [5.74, 6) is 0.662. The molecule has 1 heterocycles. The number of thiazole rings is 1. The van der Waals surface area contributed by atoms with Gasteiger partial charge in [0.2, 0.25) is 5.91 Å². The third-order valence-corrected chi connectivity index (χ3v) is 5.63. The number of hydrogen-bond acceptors (Lipinski definition) is 4. The van der Waals surface area contributed by atoms with Gasteiger partial charge in [-0.15, -0.1) is 23.1 Å². The number of anilines is 1. The third kappa shape index (κ3) is 5.22. The van der Waals surface area contributed by atoms with Crippen molar-refractivity contribution in [1.82, 2.24) is 4.98 Å². The fourth-order valence-electron chi connectivity index (χ4n) is 2.11. The first kappa shape index (κ1) is 18.3. The Bertz CT molecular complexity index is 869. The Kier molecular flexibility index (Phi) is 6.37. The lowest BCUT2D eigenvalue weighted by atomic mass is 10.2. The van der Waals surface area contributed by atoms with E-state index < -0.39 is 0 Å². The Morgan fingerprint density at radius 3 is 2.76 bits per heavy atom. The van der Waals surface area contributed by atoms with Gasteiger partial charge in [0.15, 0.2) is 5.13 Å². The number of carbonyl (C=O) groups is 1. The van der Waals surface area contributed by atoms with Crippen LogP contribution < -0.4 is 5.32 Å². The quantitative estimate of drug-likeness (QED) is 0.490. The van der Waals surface area contributed by atoms with Crippen molar-refractivity contribution in [2.24, 2.45) is 0 Å². The number of thioether (sulfide) groups is 1. The molecule has 7 heteroatoms. The van der Waals surface area contributed by atoms with Crippen LogP contribution in [-0.4, -0.2) is 16.6 Å². The molecule has 0 saturated carbocycles. The molecule has 128 valence electrons. The summed E-state index contributed by atoms with van der Waals surface area (Å²) in [6.07, 6.45) is 0.423. The molecule has 0 radical (unpaired) electrons. The van der Waals surface area contributed by atoms with Crippen LogP contribution in [0, 0.1) is 0 Å². The SMILES string of the molecule is O=C(CCSc1ccccc1)Nc1nc(-c2cc(Cl)ccc2Cl)cs1. The van der Waals surface area contributed by atoms with E-state index in [9.17, 15) is 4.79 Å². The summed E-state index contributed by atoms with van der Waals surface area (Å²) in [7, 11) is 0. The van der Waals surface area contributed by atoms with Gasteiger partial charge in [0.05, 0.1) is 10.7 Å². The molecule has 1 aromatic heterocycles. The number of carbonyl (C=O) groups excluding carboxylic acids is 1. The Balaban J connectivity index is 1.56. The number of nitrogens with one attached hydrogen (secondary N) is 1. The van der Waals surface area contributed by atoms with Crippen molar-refractivity contribution < 1.29 is 4.79 Å². The van der Waals surface area contributed by atoms with Crippen LogP contribution in [0.5, 0.6) is 0 Å². The summed E-state index contributed by atoms with van der Waals surface area (Å²) in [5.41, 5.74) is 1.46. The Morgan fingerprint density at radius 1 is 1.16 bits per heavy atom. The topological polar surface area (TPSA) is 42.0 Å². The van der Waals surface area contributed by atoms with Gasteiger partial charge in [-0.25, -0.2) is 4.98 Å². The number of amides is 1. The second kappa shape index (κ2) is 8.72. The molecule has 0 aliphatic carbocycles. The van der Waals surface area contributed by atoms with E-state index in [4.69, 9.17) is 23.2 Å². The lowest BCUT2D eigenvalue weighted by Crippen LogP contribution is -2.11. The molecular weight excluding hydrogens is 395 g/mol. The van der Waals surface area contributed by atoms with E-state index in [0.29, 0.717) is 33.0 Å². The maximum absolute atomic E-state index is 12.1. The van der Waals surface area contributed by atoms with Gasteiger partial charge in [-0.05, 0) is 30.3 Å². The smallest absolute Gasteiger partial charge is 0.226 e. The predicted molar refractivity (Wildman–Crippen MR) is 108 cm³/mol. The molecule has 2 aromatic carbocycles. The van der Waals surface area contributed by atoms with Crippen LogP contribution >= 0.6 is 46.3 Å². The first-order valence-corrected chi connectivity index (χ1v) is 10.1. The second-order valence-electron chi connectivity index (χ2n) is 5.12. The molecule has 25 heavy (non-hydrogen) atoms. The normalized spacial score (nSPS) is 10.6. The van der Waals surface area contributed by atoms with Crippen LogP contribution in [0.1, 0.15) is 6.42 Å². The Morgan fingerprint density at radius 2 is 1.96 bits per heavy atom. The summed E-state index contributed by atoms with van der Waals surface area (Å²) in [5, 5.41) is 6.41. The standard InChI is InChI=1S/C18H14Cl2N2OS2/c19-12-6-7-15(20)14(10-12)16-11-25-18(21-16)22-17(23)8-9-24-13-4-2-1-3-5-13/h1-7,10-11H,8-9H2,(H,21,22,23). The van der Waals surface area contributed by atoms with Crippen LogP contribution in [0.4, 0.5) is 5.13 Å². The molecule has 0 aliphatic heterocycles. The minimum Gasteiger partial charge on any atom is -0.302 e. The molecule has 0 atom stereocenters. The lowest BCUT2D eigenvalue weighted by molar-refractivity contribution is -0.115. The molecule has 0 saturated heterocycles. The fraction of sp³-hybridized carbons (Fsp3) is 0.111. The van der Waals surface area contributed by atoms with Gasteiger partial charge in [0.25, 0.3) is 0 Å². The van der Waals surface area contributed by atoms with E-state index in [2.05, 4.69) is 10.3 Å². The van der Waals surface area contributed by atoms with E-state index in [1.165, 1.54) is 11.3 Å². The summed E-state index contributed by atoms with van der Waals surface area (Å²) < 4.78 is 0. The monoisotopic (exact) mass is 408 g/mol. The molecule has 0 bridgehead atoms. The Labute approximate surface area is 164 Å². The van der Waals surface area contributed by atoms with Gasteiger partial charge in [-0.2, -0.15) is 0 Å². The van der Waals surface area contributed by atoms with E-state index >= 15 is 0 Å². The molecule has 1 N–H and O–H groups in total. The van der Waals surface area contributed by atoms with Gasteiger partial charge in [0.1, 0.15) is 0 Å². The van der Waals surface area contributed by atoms with Crippen LogP contribution in [-0.2, 0) is 4.79 Å². The first-order valence-electron chi connectivity index (χ1n) is 7.50. The summed E-state index contributed by atoms with van der Waals surface area (Å²) in [6.45, 7) is 0. The maximum Gasteiger partial charge on any atom is 0.226 e. The van der Waals surface area contributed by atoms with Crippen molar-refractivity contribution in [3.8, 4) is 11.3 Å². The van der Waals surface area contributed by atoms with Crippen molar-refractivity contribution in [3.63, 3.8) is 0 Å².